The predicted molar refractivity (Wildman–Crippen MR) is 96.8 cm³/mol. The molecule has 2 unspecified atom stereocenters. The van der Waals surface area contributed by atoms with E-state index in [1.54, 1.807) is 0 Å². The highest BCUT2D eigenvalue weighted by Gasteiger charge is 2.24. The fraction of sp³-hybridized carbons (Fsp3) is 0.842. The van der Waals surface area contributed by atoms with Gasteiger partial charge in [-0.3, -0.25) is 9.59 Å². The van der Waals surface area contributed by atoms with Gasteiger partial charge in [0.25, 0.3) is 0 Å². The van der Waals surface area contributed by atoms with Crippen molar-refractivity contribution in [2.75, 3.05) is 20.2 Å². The van der Waals surface area contributed by atoms with E-state index in [0.29, 0.717) is 12.8 Å². The second kappa shape index (κ2) is 11.1. The van der Waals surface area contributed by atoms with Crippen LogP contribution in [0.25, 0.3) is 0 Å². The van der Waals surface area contributed by atoms with Crippen molar-refractivity contribution in [1.29, 1.82) is 0 Å². The van der Waals surface area contributed by atoms with Crippen LogP contribution in [0.2, 0.25) is 0 Å². The first-order valence-corrected chi connectivity index (χ1v) is 9.48. The first-order chi connectivity index (χ1) is 11.8. The van der Waals surface area contributed by atoms with Crippen LogP contribution in [0, 0.1) is 11.8 Å². The highest BCUT2D eigenvalue weighted by atomic mass is 16.5. The largest absolute Gasteiger partial charge is 0.467 e. The number of nitrogens with zero attached hydrogens (tertiary/aromatic N) is 1. The number of amides is 2. The minimum atomic E-state index is -0.619. The number of rotatable bonds is 8. The fourth-order valence-electron chi connectivity index (χ4n) is 3.22. The molecule has 0 spiro atoms. The zero-order chi connectivity index (χ0) is 18.8. The third kappa shape index (κ3) is 8.36. The highest BCUT2D eigenvalue weighted by Crippen LogP contribution is 2.15. The zero-order valence-electron chi connectivity index (χ0n) is 16.2. The number of ether oxygens (including phenoxy) is 1. The van der Waals surface area contributed by atoms with Crippen LogP contribution in [-0.4, -0.2) is 48.9 Å². The van der Waals surface area contributed by atoms with Crippen molar-refractivity contribution < 1.29 is 19.1 Å². The Hall–Kier alpha value is -1.59. The lowest BCUT2D eigenvalue weighted by Crippen LogP contribution is -2.43. The molecule has 1 heterocycles. The minimum absolute atomic E-state index is 0.0481. The summed E-state index contributed by atoms with van der Waals surface area (Å²) in [5, 5.41) is 2.75. The normalized spacial score (nSPS) is 17.6. The van der Waals surface area contributed by atoms with Crippen molar-refractivity contribution in [2.24, 2.45) is 11.8 Å². The predicted octanol–water partition coefficient (Wildman–Crippen LogP) is 2.51. The lowest BCUT2D eigenvalue weighted by Gasteiger charge is -2.23. The molecule has 1 saturated heterocycles. The molecule has 1 fully saturated rings. The van der Waals surface area contributed by atoms with E-state index in [9.17, 15) is 14.4 Å². The van der Waals surface area contributed by atoms with Gasteiger partial charge < -0.3 is 15.0 Å². The molecule has 0 saturated carbocycles. The third-order valence-electron chi connectivity index (χ3n) is 4.54. The third-order valence-corrected chi connectivity index (χ3v) is 4.54. The van der Waals surface area contributed by atoms with Gasteiger partial charge in [0.2, 0.25) is 11.8 Å². The van der Waals surface area contributed by atoms with Crippen LogP contribution in [-0.2, 0) is 19.1 Å². The van der Waals surface area contributed by atoms with Gasteiger partial charge in [-0.15, -0.1) is 0 Å². The van der Waals surface area contributed by atoms with Crippen LogP contribution in [0.4, 0.5) is 0 Å². The van der Waals surface area contributed by atoms with Crippen molar-refractivity contribution in [1.82, 2.24) is 10.2 Å². The Kier molecular flexibility index (Phi) is 9.53. The van der Waals surface area contributed by atoms with Crippen molar-refractivity contribution in [2.45, 2.75) is 71.8 Å². The Morgan fingerprint density at radius 2 is 1.60 bits per heavy atom. The first kappa shape index (κ1) is 21.5. The van der Waals surface area contributed by atoms with E-state index in [-0.39, 0.29) is 30.1 Å². The Morgan fingerprint density at radius 3 is 2.12 bits per heavy atom. The van der Waals surface area contributed by atoms with E-state index in [4.69, 9.17) is 4.74 Å². The van der Waals surface area contributed by atoms with Crippen LogP contribution < -0.4 is 5.32 Å². The maximum absolute atomic E-state index is 12.4. The molecule has 0 bridgehead atoms. The quantitative estimate of drug-likeness (QED) is 0.680. The zero-order valence-corrected chi connectivity index (χ0v) is 16.2. The van der Waals surface area contributed by atoms with E-state index in [2.05, 4.69) is 5.32 Å². The van der Waals surface area contributed by atoms with Gasteiger partial charge >= 0.3 is 5.97 Å². The van der Waals surface area contributed by atoms with Gasteiger partial charge in [0.1, 0.15) is 6.04 Å². The van der Waals surface area contributed by atoms with E-state index in [1.165, 1.54) is 20.0 Å². The maximum atomic E-state index is 12.4. The summed E-state index contributed by atoms with van der Waals surface area (Å²) in [6, 6.07) is -0.619. The number of likely N-dealkylation sites (tertiary alicyclic amines) is 1. The number of carbonyl (C=O) groups excluding carboxylic acids is 3. The molecule has 0 aliphatic carbocycles. The Labute approximate surface area is 151 Å². The van der Waals surface area contributed by atoms with E-state index in [0.717, 1.165) is 25.9 Å². The van der Waals surface area contributed by atoms with Crippen molar-refractivity contribution in [3.63, 3.8) is 0 Å². The van der Waals surface area contributed by atoms with Crippen LogP contribution in [0.1, 0.15) is 65.7 Å². The van der Waals surface area contributed by atoms with Crippen molar-refractivity contribution in [3.8, 4) is 0 Å². The van der Waals surface area contributed by atoms with Crippen LogP contribution in [0.5, 0.6) is 0 Å². The monoisotopic (exact) mass is 354 g/mol. The molecule has 1 aliphatic rings. The summed E-state index contributed by atoms with van der Waals surface area (Å²) in [5.74, 6) is -0.268. The molecular formula is C19H34N2O4. The number of carbonyl (C=O) groups is 3. The molecule has 1 rings (SSSR count). The summed E-state index contributed by atoms with van der Waals surface area (Å²) in [4.78, 5) is 38.3. The van der Waals surface area contributed by atoms with Crippen LogP contribution in [0.15, 0.2) is 0 Å². The SMILES string of the molecule is COC(=O)C(CC(C)C)NC(=O)CC(C)CC(=O)N1CCCCCC1. The van der Waals surface area contributed by atoms with E-state index in [1.807, 2.05) is 25.7 Å². The molecule has 144 valence electrons. The summed E-state index contributed by atoms with van der Waals surface area (Å²) in [7, 11) is 1.32. The Balaban J connectivity index is 2.45. The second-order valence-electron chi connectivity index (χ2n) is 7.58. The minimum Gasteiger partial charge on any atom is -0.467 e. The molecule has 6 heteroatoms. The molecule has 0 aromatic rings. The number of hydrogen-bond acceptors (Lipinski definition) is 4. The standard InChI is InChI=1S/C19H34N2O4/c1-14(2)11-16(19(24)25-4)20-17(22)12-15(3)13-18(23)21-9-7-5-6-8-10-21/h14-16H,5-13H2,1-4H3,(H,20,22). The molecule has 1 aliphatic heterocycles. The summed E-state index contributed by atoms with van der Waals surface area (Å²) in [5.41, 5.74) is 0. The number of nitrogens with one attached hydrogen (secondary N) is 1. The summed E-state index contributed by atoms with van der Waals surface area (Å²) >= 11 is 0. The van der Waals surface area contributed by atoms with Gasteiger partial charge in [0, 0.05) is 25.9 Å². The van der Waals surface area contributed by atoms with Crippen molar-refractivity contribution in [3.05, 3.63) is 0 Å². The number of hydrogen-bond donors (Lipinski definition) is 1. The maximum Gasteiger partial charge on any atom is 0.328 e. The number of methoxy groups -OCH3 is 1. The molecular weight excluding hydrogens is 320 g/mol. The highest BCUT2D eigenvalue weighted by molar-refractivity contribution is 5.85. The molecule has 0 aromatic heterocycles. The molecule has 6 nitrogen and oxygen atoms in total. The van der Waals surface area contributed by atoms with Crippen LogP contribution in [0.3, 0.4) is 0 Å². The smallest absolute Gasteiger partial charge is 0.328 e. The van der Waals surface area contributed by atoms with Gasteiger partial charge in [-0.2, -0.15) is 0 Å². The molecule has 1 N–H and O–H groups in total. The molecule has 2 amide bonds. The van der Waals surface area contributed by atoms with Crippen LogP contribution >= 0.6 is 0 Å². The van der Waals surface area contributed by atoms with Crippen molar-refractivity contribution >= 4 is 17.8 Å². The second-order valence-corrected chi connectivity index (χ2v) is 7.58. The molecule has 0 aromatic carbocycles. The van der Waals surface area contributed by atoms with Gasteiger partial charge in [-0.25, -0.2) is 4.79 Å². The fourth-order valence-corrected chi connectivity index (χ4v) is 3.22. The van der Waals surface area contributed by atoms with Gasteiger partial charge in [-0.1, -0.05) is 33.6 Å². The van der Waals surface area contributed by atoms with E-state index >= 15 is 0 Å². The van der Waals surface area contributed by atoms with Gasteiger partial charge in [-0.05, 0) is 31.1 Å². The summed E-state index contributed by atoms with van der Waals surface area (Å²) in [6.07, 6.45) is 5.66. The molecule has 25 heavy (non-hydrogen) atoms. The Morgan fingerprint density at radius 1 is 1.00 bits per heavy atom. The topological polar surface area (TPSA) is 75.7 Å². The summed E-state index contributed by atoms with van der Waals surface area (Å²) in [6.45, 7) is 7.55. The van der Waals surface area contributed by atoms with Gasteiger partial charge in [0.15, 0.2) is 0 Å². The molecule has 0 radical (unpaired) electrons. The first-order valence-electron chi connectivity index (χ1n) is 9.48. The van der Waals surface area contributed by atoms with E-state index < -0.39 is 12.0 Å². The molecule has 2 atom stereocenters. The van der Waals surface area contributed by atoms with Gasteiger partial charge in [0.05, 0.1) is 7.11 Å². The average molecular weight is 354 g/mol. The lowest BCUT2D eigenvalue weighted by molar-refractivity contribution is -0.145. The Bertz CT molecular complexity index is 443. The number of esters is 1. The average Bonchev–Trinajstić information content (AvgIpc) is 2.82. The lowest BCUT2D eigenvalue weighted by atomic mass is 10.0. The summed E-state index contributed by atoms with van der Waals surface area (Å²) < 4.78 is 4.76.